The second-order valence-electron chi connectivity index (χ2n) is 5.86. The van der Waals surface area contributed by atoms with Crippen molar-refractivity contribution in [1.82, 2.24) is 5.32 Å². The number of anilines is 1. The fourth-order valence-corrected chi connectivity index (χ4v) is 4.28. The maximum Gasteiger partial charge on any atom is 0.264 e. The van der Waals surface area contributed by atoms with Crippen LogP contribution in [0, 0.1) is 0 Å². The van der Waals surface area contributed by atoms with Crippen molar-refractivity contribution in [2.45, 2.75) is 31.1 Å². The van der Waals surface area contributed by atoms with Crippen LogP contribution in [-0.2, 0) is 14.8 Å². The van der Waals surface area contributed by atoms with Crippen LogP contribution in [0.2, 0.25) is 0 Å². The molecule has 0 saturated heterocycles. The molecule has 26 heavy (non-hydrogen) atoms. The van der Waals surface area contributed by atoms with Crippen LogP contribution < -0.4 is 9.62 Å². The topological polar surface area (TPSA) is 66.5 Å². The van der Waals surface area contributed by atoms with Gasteiger partial charge in [0.1, 0.15) is 6.54 Å². The Bertz CT molecular complexity index is 826. The molecule has 0 aliphatic rings. The van der Waals surface area contributed by atoms with Crippen LogP contribution in [-0.4, -0.2) is 27.4 Å². The van der Waals surface area contributed by atoms with Gasteiger partial charge in [0.2, 0.25) is 5.91 Å². The van der Waals surface area contributed by atoms with Gasteiger partial charge in [0.25, 0.3) is 10.0 Å². The molecule has 0 fully saturated rings. The predicted octanol–water partition coefficient (Wildman–Crippen LogP) is 3.95. The number of nitrogens with zero attached hydrogens (tertiary/aromatic N) is 1. The summed E-state index contributed by atoms with van der Waals surface area (Å²) < 4.78 is 28.1. The first kappa shape index (κ1) is 20.5. The van der Waals surface area contributed by atoms with Crippen LogP contribution in [0.1, 0.15) is 26.2 Å². The van der Waals surface area contributed by atoms with Crippen molar-refractivity contribution >= 4 is 37.5 Å². The largest absolute Gasteiger partial charge is 0.355 e. The summed E-state index contributed by atoms with van der Waals surface area (Å²) in [5.41, 5.74) is 0.437. The average molecular weight is 439 g/mol. The van der Waals surface area contributed by atoms with Gasteiger partial charge in [0, 0.05) is 11.0 Å². The summed E-state index contributed by atoms with van der Waals surface area (Å²) in [6, 6.07) is 15.0. The number of unbranched alkanes of at least 4 members (excludes halogenated alkanes) is 2. The van der Waals surface area contributed by atoms with E-state index in [1.165, 1.54) is 12.1 Å². The third-order valence-corrected chi connectivity index (χ3v) is 6.10. The highest BCUT2D eigenvalue weighted by Crippen LogP contribution is 2.26. The van der Waals surface area contributed by atoms with E-state index in [4.69, 9.17) is 0 Å². The molecule has 1 amide bonds. The molecule has 2 aromatic carbocycles. The average Bonchev–Trinajstić information content (AvgIpc) is 2.64. The Hall–Kier alpha value is -1.86. The quantitative estimate of drug-likeness (QED) is 0.602. The second kappa shape index (κ2) is 9.73. The number of sulfonamides is 1. The number of amides is 1. The van der Waals surface area contributed by atoms with Crippen LogP contribution in [0.4, 0.5) is 5.69 Å². The normalized spacial score (nSPS) is 11.2. The SMILES string of the molecule is CCCCCNC(=O)CN(c1cccc(Br)c1)S(=O)(=O)c1ccccc1. The number of nitrogens with one attached hydrogen (secondary N) is 1. The molecule has 2 rings (SSSR count). The van der Waals surface area contributed by atoms with Gasteiger partial charge in [0.15, 0.2) is 0 Å². The molecule has 140 valence electrons. The van der Waals surface area contributed by atoms with Gasteiger partial charge >= 0.3 is 0 Å². The van der Waals surface area contributed by atoms with Crippen molar-refractivity contribution in [3.63, 3.8) is 0 Å². The summed E-state index contributed by atoms with van der Waals surface area (Å²) in [5, 5.41) is 2.80. The van der Waals surface area contributed by atoms with E-state index < -0.39 is 10.0 Å². The van der Waals surface area contributed by atoms with Gasteiger partial charge in [0.05, 0.1) is 10.6 Å². The van der Waals surface area contributed by atoms with Crippen LogP contribution in [0.3, 0.4) is 0 Å². The molecular weight excluding hydrogens is 416 g/mol. The zero-order chi connectivity index (χ0) is 19.0. The van der Waals surface area contributed by atoms with Crippen molar-refractivity contribution in [3.05, 3.63) is 59.1 Å². The van der Waals surface area contributed by atoms with E-state index in [2.05, 4.69) is 28.2 Å². The van der Waals surface area contributed by atoms with E-state index in [0.29, 0.717) is 12.2 Å². The summed E-state index contributed by atoms with van der Waals surface area (Å²) in [7, 11) is -3.85. The zero-order valence-corrected chi connectivity index (χ0v) is 17.1. The maximum atomic E-state index is 13.1. The van der Waals surface area contributed by atoms with Crippen LogP contribution in [0.25, 0.3) is 0 Å². The first-order valence-electron chi connectivity index (χ1n) is 8.55. The highest BCUT2D eigenvalue weighted by atomic mass is 79.9. The lowest BCUT2D eigenvalue weighted by atomic mass is 10.2. The number of benzene rings is 2. The first-order valence-corrected chi connectivity index (χ1v) is 10.8. The summed E-state index contributed by atoms with van der Waals surface area (Å²) in [6.07, 6.45) is 2.96. The molecule has 5 nitrogen and oxygen atoms in total. The van der Waals surface area contributed by atoms with Crippen molar-refractivity contribution in [3.8, 4) is 0 Å². The van der Waals surface area contributed by atoms with Crippen molar-refractivity contribution in [2.24, 2.45) is 0 Å². The minimum Gasteiger partial charge on any atom is -0.355 e. The first-order chi connectivity index (χ1) is 12.4. The number of hydrogen-bond donors (Lipinski definition) is 1. The summed E-state index contributed by atoms with van der Waals surface area (Å²) >= 11 is 3.36. The Morgan fingerprint density at radius 3 is 2.46 bits per heavy atom. The van der Waals surface area contributed by atoms with Crippen molar-refractivity contribution < 1.29 is 13.2 Å². The number of rotatable bonds is 9. The fraction of sp³-hybridized carbons (Fsp3) is 0.316. The van der Waals surface area contributed by atoms with Gasteiger partial charge in [-0.2, -0.15) is 0 Å². The number of halogens is 1. The van der Waals surface area contributed by atoms with E-state index in [9.17, 15) is 13.2 Å². The molecule has 2 aromatic rings. The molecule has 0 aliphatic carbocycles. The highest BCUT2D eigenvalue weighted by molar-refractivity contribution is 9.10. The Kier molecular flexibility index (Phi) is 7.66. The van der Waals surface area contributed by atoms with Crippen LogP contribution in [0.15, 0.2) is 64.0 Å². The van der Waals surface area contributed by atoms with E-state index in [0.717, 1.165) is 28.0 Å². The summed E-state index contributed by atoms with van der Waals surface area (Å²) in [6.45, 7) is 2.37. The maximum absolute atomic E-state index is 13.1. The van der Waals surface area contributed by atoms with Gasteiger partial charge in [-0.05, 0) is 36.8 Å². The standard InChI is InChI=1S/C19H23BrN2O3S/c1-2-3-7-13-21-19(23)15-22(17-10-8-9-16(20)14-17)26(24,25)18-11-5-4-6-12-18/h4-6,8-12,14H,2-3,7,13,15H2,1H3,(H,21,23). The zero-order valence-electron chi connectivity index (χ0n) is 14.7. The highest BCUT2D eigenvalue weighted by Gasteiger charge is 2.27. The molecule has 0 unspecified atom stereocenters. The molecule has 1 N–H and O–H groups in total. The Balaban J connectivity index is 2.27. The van der Waals surface area contributed by atoms with Gasteiger partial charge < -0.3 is 5.32 Å². The minimum absolute atomic E-state index is 0.152. The summed E-state index contributed by atoms with van der Waals surface area (Å²) in [4.78, 5) is 12.5. The van der Waals surface area contributed by atoms with Gasteiger partial charge in [-0.25, -0.2) is 8.42 Å². The molecule has 0 spiro atoms. The molecule has 7 heteroatoms. The Labute approximate surface area is 163 Å². The van der Waals surface area contributed by atoms with Crippen molar-refractivity contribution in [1.29, 1.82) is 0 Å². The lowest BCUT2D eigenvalue weighted by Crippen LogP contribution is -2.41. The molecule has 0 radical (unpaired) electrons. The molecule has 0 saturated carbocycles. The third kappa shape index (κ3) is 5.57. The van der Waals surface area contributed by atoms with E-state index in [-0.39, 0.29) is 17.3 Å². The van der Waals surface area contributed by atoms with Crippen LogP contribution in [0.5, 0.6) is 0 Å². The number of hydrogen-bond acceptors (Lipinski definition) is 3. The molecule has 0 heterocycles. The van der Waals surface area contributed by atoms with E-state index in [1.54, 1.807) is 36.4 Å². The number of carbonyl (C=O) groups excluding carboxylic acids is 1. The molecule has 0 aromatic heterocycles. The van der Waals surface area contributed by atoms with Gasteiger partial charge in [-0.15, -0.1) is 0 Å². The molecule has 0 atom stereocenters. The summed E-state index contributed by atoms with van der Waals surface area (Å²) in [5.74, 6) is -0.319. The lowest BCUT2D eigenvalue weighted by molar-refractivity contribution is -0.119. The van der Waals surface area contributed by atoms with Crippen LogP contribution >= 0.6 is 15.9 Å². The van der Waals surface area contributed by atoms with E-state index in [1.807, 2.05) is 6.07 Å². The fourth-order valence-electron chi connectivity index (χ4n) is 2.46. The lowest BCUT2D eigenvalue weighted by Gasteiger charge is -2.24. The molecular formula is C19H23BrN2O3S. The minimum atomic E-state index is -3.85. The molecule has 0 bridgehead atoms. The van der Waals surface area contributed by atoms with Gasteiger partial charge in [-0.1, -0.05) is 60.0 Å². The third-order valence-electron chi connectivity index (χ3n) is 3.82. The number of carbonyl (C=O) groups is 1. The predicted molar refractivity (Wildman–Crippen MR) is 108 cm³/mol. The smallest absolute Gasteiger partial charge is 0.264 e. The molecule has 0 aliphatic heterocycles. The Morgan fingerprint density at radius 2 is 1.81 bits per heavy atom. The Morgan fingerprint density at radius 1 is 1.08 bits per heavy atom. The van der Waals surface area contributed by atoms with Gasteiger partial charge in [-0.3, -0.25) is 9.10 Å². The second-order valence-corrected chi connectivity index (χ2v) is 8.64. The van der Waals surface area contributed by atoms with Crippen molar-refractivity contribution in [2.75, 3.05) is 17.4 Å². The monoisotopic (exact) mass is 438 g/mol. The van der Waals surface area contributed by atoms with E-state index >= 15 is 0 Å².